The Morgan fingerprint density at radius 2 is 1.75 bits per heavy atom. The molecule has 0 unspecified atom stereocenters. The van der Waals surface area contributed by atoms with E-state index in [9.17, 15) is 0 Å². The Kier molecular flexibility index (Phi) is 1.81. The first-order valence-electron chi connectivity index (χ1n) is 5.02. The van der Waals surface area contributed by atoms with Crippen molar-refractivity contribution in [3.8, 4) is 0 Å². The van der Waals surface area contributed by atoms with Crippen LogP contribution in [0.2, 0.25) is 0 Å². The van der Waals surface area contributed by atoms with Gasteiger partial charge in [-0.2, -0.15) is 0 Å². The second-order valence-electron chi connectivity index (χ2n) is 3.62. The van der Waals surface area contributed by atoms with Crippen LogP contribution in [0.5, 0.6) is 0 Å². The fourth-order valence-corrected chi connectivity index (χ4v) is 1.87. The molecule has 0 amide bonds. The number of pyridine rings is 1. The Bertz CT molecular complexity index is 726. The molecule has 0 saturated heterocycles. The van der Waals surface area contributed by atoms with Crippen molar-refractivity contribution in [2.24, 2.45) is 0 Å². The lowest BCUT2D eigenvalue weighted by Gasteiger charge is -1.98. The molecule has 0 radical (unpaired) electrons. The van der Waals surface area contributed by atoms with Crippen LogP contribution in [-0.4, -0.2) is 4.98 Å². The third kappa shape index (κ3) is 1.21. The number of fused-ring (bicyclic) bond motifs is 2. The molecule has 3 nitrogen and oxygen atoms in total. The van der Waals surface area contributed by atoms with E-state index in [0.717, 1.165) is 21.8 Å². The summed E-state index contributed by atoms with van der Waals surface area (Å²) in [4.78, 5) is 7.78. The van der Waals surface area contributed by atoms with E-state index in [1.807, 2.05) is 42.5 Å². The molecule has 3 rings (SSSR count). The Morgan fingerprint density at radius 3 is 2.62 bits per heavy atom. The summed E-state index contributed by atoms with van der Waals surface area (Å²) in [6.07, 6.45) is 0. The average molecular weight is 206 g/mol. The van der Waals surface area contributed by atoms with E-state index in [2.05, 4.69) is 9.96 Å². The summed E-state index contributed by atoms with van der Waals surface area (Å²) < 4.78 is 0. The molecular formula is C13H8N3+. The van der Waals surface area contributed by atoms with Gasteiger partial charge in [0.2, 0.25) is 5.39 Å². The van der Waals surface area contributed by atoms with E-state index in [-0.39, 0.29) is 0 Å². The zero-order chi connectivity index (χ0) is 11.0. The van der Waals surface area contributed by atoms with Crippen LogP contribution in [0.15, 0.2) is 48.5 Å². The van der Waals surface area contributed by atoms with Gasteiger partial charge < -0.3 is 0 Å². The highest BCUT2D eigenvalue weighted by atomic mass is 14.9. The third-order valence-corrected chi connectivity index (χ3v) is 2.65. The predicted molar refractivity (Wildman–Crippen MR) is 64.0 cm³/mol. The largest absolute Gasteiger partial charge is 0.394 e. The first-order valence-corrected chi connectivity index (χ1v) is 5.02. The molecule has 0 N–H and O–H groups in total. The standard InChI is InChI=1S/C13H8N3/c14-16-13-7-3-6-12-10(13)8-9-4-1-2-5-11(9)15-12/h1-8H/q+1. The van der Waals surface area contributed by atoms with Gasteiger partial charge in [-0.05, 0) is 18.2 Å². The number of hydrogen-bond donors (Lipinski definition) is 0. The van der Waals surface area contributed by atoms with E-state index in [1.54, 1.807) is 6.07 Å². The molecule has 3 aromatic rings. The maximum Gasteiger partial charge on any atom is 0.394 e. The topological polar surface area (TPSA) is 41.0 Å². The molecule has 0 atom stereocenters. The van der Waals surface area contributed by atoms with Crippen molar-refractivity contribution < 1.29 is 0 Å². The Morgan fingerprint density at radius 1 is 0.938 bits per heavy atom. The fourth-order valence-electron chi connectivity index (χ4n) is 1.87. The van der Waals surface area contributed by atoms with Gasteiger partial charge in [0.05, 0.1) is 16.4 Å². The second kappa shape index (κ2) is 3.28. The van der Waals surface area contributed by atoms with Crippen LogP contribution in [0.4, 0.5) is 5.69 Å². The van der Waals surface area contributed by atoms with E-state index < -0.39 is 0 Å². The van der Waals surface area contributed by atoms with Crippen LogP contribution < -0.4 is 0 Å². The molecule has 0 aliphatic carbocycles. The number of para-hydroxylation sites is 1. The normalized spacial score (nSPS) is 10.4. The van der Waals surface area contributed by atoms with E-state index in [4.69, 9.17) is 5.39 Å². The molecule has 1 aromatic heterocycles. The highest BCUT2D eigenvalue weighted by molar-refractivity contribution is 5.99. The maximum absolute atomic E-state index is 8.90. The average Bonchev–Trinajstić information content (AvgIpc) is 2.35. The number of diazo groups is 1. The van der Waals surface area contributed by atoms with Gasteiger partial charge in [-0.3, -0.25) is 0 Å². The van der Waals surface area contributed by atoms with Crippen molar-refractivity contribution in [1.29, 1.82) is 5.39 Å². The van der Waals surface area contributed by atoms with Crippen molar-refractivity contribution in [2.75, 3.05) is 0 Å². The fraction of sp³-hybridized carbons (Fsp3) is 0. The summed E-state index contributed by atoms with van der Waals surface area (Å²) in [7, 11) is 0. The van der Waals surface area contributed by atoms with Crippen molar-refractivity contribution in [3.63, 3.8) is 0 Å². The van der Waals surface area contributed by atoms with Gasteiger partial charge in [-0.15, -0.1) is 0 Å². The SMILES string of the molecule is N#[N+]c1cccc2nc3ccccc3cc12. The van der Waals surface area contributed by atoms with Gasteiger partial charge in [0.15, 0.2) is 4.98 Å². The Balaban J connectivity index is 2.52. The number of benzene rings is 2. The number of hydrogen-bond acceptors (Lipinski definition) is 2. The van der Waals surface area contributed by atoms with Crippen molar-refractivity contribution in [2.45, 2.75) is 0 Å². The summed E-state index contributed by atoms with van der Waals surface area (Å²) in [5.41, 5.74) is 2.34. The molecule has 1 heterocycles. The van der Waals surface area contributed by atoms with Crippen LogP contribution in [0.3, 0.4) is 0 Å². The second-order valence-corrected chi connectivity index (χ2v) is 3.62. The highest BCUT2D eigenvalue weighted by Crippen LogP contribution is 2.27. The summed E-state index contributed by atoms with van der Waals surface area (Å²) >= 11 is 0. The number of nitrogens with zero attached hydrogens (tertiary/aromatic N) is 3. The molecular weight excluding hydrogens is 198 g/mol. The lowest BCUT2D eigenvalue weighted by Crippen LogP contribution is -1.81. The maximum atomic E-state index is 8.90. The van der Waals surface area contributed by atoms with Crippen molar-refractivity contribution in [1.82, 2.24) is 4.98 Å². The van der Waals surface area contributed by atoms with Gasteiger partial charge in [0.25, 0.3) is 0 Å². The minimum absolute atomic E-state index is 0.552. The molecule has 3 heteroatoms. The summed E-state index contributed by atoms with van der Waals surface area (Å²) in [6, 6.07) is 15.4. The Hall–Kier alpha value is -2.47. The zero-order valence-corrected chi connectivity index (χ0v) is 8.46. The smallest absolute Gasteiger partial charge is 0.247 e. The molecule has 0 saturated carbocycles. The minimum Gasteiger partial charge on any atom is -0.247 e. The molecule has 0 bridgehead atoms. The number of rotatable bonds is 0. The summed E-state index contributed by atoms with van der Waals surface area (Å²) in [5, 5.41) is 10.8. The van der Waals surface area contributed by atoms with Gasteiger partial charge in [0.1, 0.15) is 0 Å². The van der Waals surface area contributed by atoms with Crippen LogP contribution in [-0.2, 0) is 0 Å². The van der Waals surface area contributed by atoms with E-state index >= 15 is 0 Å². The van der Waals surface area contributed by atoms with Gasteiger partial charge in [0, 0.05) is 11.5 Å². The Labute approximate surface area is 92.0 Å². The highest BCUT2D eigenvalue weighted by Gasteiger charge is 2.11. The molecule has 16 heavy (non-hydrogen) atoms. The third-order valence-electron chi connectivity index (χ3n) is 2.65. The van der Waals surface area contributed by atoms with E-state index in [0.29, 0.717) is 5.69 Å². The van der Waals surface area contributed by atoms with Crippen LogP contribution >= 0.6 is 0 Å². The van der Waals surface area contributed by atoms with Crippen LogP contribution in [0.1, 0.15) is 0 Å². The predicted octanol–water partition coefficient (Wildman–Crippen LogP) is 3.87. The first kappa shape index (κ1) is 8.81. The molecule has 2 aromatic carbocycles. The van der Waals surface area contributed by atoms with Gasteiger partial charge in [-0.1, -0.05) is 24.3 Å². The molecule has 74 valence electrons. The summed E-state index contributed by atoms with van der Waals surface area (Å²) in [6.45, 7) is 0. The molecule has 0 spiro atoms. The first-order chi connectivity index (χ1) is 7.88. The lowest BCUT2D eigenvalue weighted by molar-refractivity contribution is 1.46. The monoisotopic (exact) mass is 206 g/mol. The van der Waals surface area contributed by atoms with E-state index in [1.165, 1.54) is 0 Å². The number of aromatic nitrogens is 1. The summed E-state index contributed by atoms with van der Waals surface area (Å²) in [5.74, 6) is 0. The van der Waals surface area contributed by atoms with Crippen LogP contribution in [0.25, 0.3) is 26.8 Å². The van der Waals surface area contributed by atoms with Gasteiger partial charge >= 0.3 is 5.69 Å². The quantitative estimate of drug-likeness (QED) is 0.413. The van der Waals surface area contributed by atoms with Gasteiger partial charge in [-0.25, -0.2) is 4.98 Å². The zero-order valence-electron chi connectivity index (χ0n) is 8.46. The minimum atomic E-state index is 0.552. The van der Waals surface area contributed by atoms with Crippen molar-refractivity contribution in [3.05, 3.63) is 53.5 Å². The molecule has 0 aliphatic heterocycles. The lowest BCUT2D eigenvalue weighted by atomic mass is 10.1. The van der Waals surface area contributed by atoms with Crippen LogP contribution in [0, 0.1) is 5.39 Å². The molecule has 0 aliphatic rings. The molecule has 0 fully saturated rings. The van der Waals surface area contributed by atoms with Crippen molar-refractivity contribution >= 4 is 27.5 Å².